The number of rotatable bonds is 3. The normalized spacial score (nSPS) is 11.0. The number of nitro groups is 1. The highest BCUT2D eigenvalue weighted by Crippen LogP contribution is 2.22. The molecule has 2 amide bonds. The van der Waals surface area contributed by atoms with Crippen molar-refractivity contribution in [3.63, 3.8) is 0 Å². The molecule has 2 aromatic rings. The maximum atomic E-state index is 11.9. The minimum atomic E-state index is -0.521. The number of aromatic amines is 1. The molecule has 22 heavy (non-hydrogen) atoms. The van der Waals surface area contributed by atoms with Crippen molar-refractivity contribution in [2.45, 2.75) is 26.2 Å². The third-order valence-electron chi connectivity index (χ3n) is 2.94. The van der Waals surface area contributed by atoms with Gasteiger partial charge < -0.3 is 5.32 Å². The topological polar surface area (TPSA) is 113 Å². The number of hydrogen-bond donors (Lipinski definition) is 3. The van der Waals surface area contributed by atoms with E-state index in [-0.39, 0.29) is 11.1 Å². The van der Waals surface area contributed by atoms with Gasteiger partial charge in [0.05, 0.1) is 4.92 Å². The quantitative estimate of drug-likeness (QED) is 0.596. The number of carbonyl (C=O) groups is 1. The molecule has 0 spiro atoms. The van der Waals surface area contributed by atoms with Crippen LogP contribution in [0.1, 0.15) is 26.5 Å². The predicted octanol–water partition coefficient (Wildman–Crippen LogP) is 3.26. The lowest BCUT2D eigenvalue weighted by Crippen LogP contribution is -2.19. The number of anilines is 2. The van der Waals surface area contributed by atoms with Crippen LogP contribution >= 0.6 is 0 Å². The van der Waals surface area contributed by atoms with E-state index in [0.29, 0.717) is 11.5 Å². The van der Waals surface area contributed by atoms with Crippen molar-refractivity contribution >= 4 is 23.2 Å². The van der Waals surface area contributed by atoms with E-state index in [9.17, 15) is 14.9 Å². The summed E-state index contributed by atoms with van der Waals surface area (Å²) in [6, 6.07) is 6.93. The van der Waals surface area contributed by atoms with Crippen molar-refractivity contribution in [1.82, 2.24) is 10.2 Å². The van der Waals surface area contributed by atoms with E-state index < -0.39 is 11.0 Å². The molecule has 1 aromatic carbocycles. The minimum absolute atomic E-state index is 0.0902. The Hall–Kier alpha value is -2.90. The SMILES string of the molecule is CC(C)(C)c1cc(NC(=O)Nc2cccc([N+](=O)[O-])c2)n[nH]1. The number of H-pyrrole nitrogens is 1. The maximum absolute atomic E-state index is 11.9. The summed E-state index contributed by atoms with van der Waals surface area (Å²) >= 11 is 0. The average molecular weight is 303 g/mol. The van der Waals surface area contributed by atoms with Crippen LogP contribution in [0.5, 0.6) is 0 Å². The molecule has 0 saturated carbocycles. The van der Waals surface area contributed by atoms with Crippen LogP contribution in [0, 0.1) is 10.1 Å². The smallest absolute Gasteiger partial charge is 0.307 e. The molecule has 3 N–H and O–H groups in total. The molecule has 0 aliphatic carbocycles. The van der Waals surface area contributed by atoms with Crippen LogP contribution in [-0.4, -0.2) is 21.2 Å². The summed E-state index contributed by atoms with van der Waals surface area (Å²) in [5, 5.41) is 22.6. The number of nitrogens with one attached hydrogen (secondary N) is 3. The summed E-state index contributed by atoms with van der Waals surface area (Å²) < 4.78 is 0. The summed E-state index contributed by atoms with van der Waals surface area (Å²) in [5.41, 5.74) is 1.02. The van der Waals surface area contributed by atoms with Crippen molar-refractivity contribution in [3.8, 4) is 0 Å². The number of nitro benzene ring substituents is 1. The molecule has 1 heterocycles. The third-order valence-corrected chi connectivity index (χ3v) is 2.94. The summed E-state index contributed by atoms with van der Waals surface area (Å²) in [7, 11) is 0. The summed E-state index contributed by atoms with van der Waals surface area (Å²) in [5.74, 6) is 0.382. The molecular formula is C14H17N5O3. The van der Waals surface area contributed by atoms with Crippen LogP contribution in [0.15, 0.2) is 30.3 Å². The first-order valence-electron chi connectivity index (χ1n) is 6.64. The molecule has 0 aliphatic rings. The van der Waals surface area contributed by atoms with Gasteiger partial charge in [0, 0.05) is 35.0 Å². The molecule has 0 fully saturated rings. The molecular weight excluding hydrogens is 286 g/mol. The maximum Gasteiger partial charge on any atom is 0.324 e. The van der Waals surface area contributed by atoms with Gasteiger partial charge in [-0.2, -0.15) is 5.10 Å². The zero-order valence-electron chi connectivity index (χ0n) is 12.5. The molecule has 1 aromatic heterocycles. The van der Waals surface area contributed by atoms with E-state index >= 15 is 0 Å². The first kappa shape index (κ1) is 15.5. The Morgan fingerprint density at radius 3 is 2.59 bits per heavy atom. The van der Waals surface area contributed by atoms with E-state index in [1.807, 2.05) is 20.8 Å². The Morgan fingerprint density at radius 2 is 2.00 bits per heavy atom. The molecule has 0 unspecified atom stereocenters. The Balaban J connectivity index is 2.03. The molecule has 0 saturated heterocycles. The van der Waals surface area contributed by atoms with Gasteiger partial charge in [-0.3, -0.25) is 20.5 Å². The second-order valence-electron chi connectivity index (χ2n) is 5.80. The Morgan fingerprint density at radius 1 is 1.27 bits per heavy atom. The van der Waals surface area contributed by atoms with Gasteiger partial charge in [0.25, 0.3) is 5.69 Å². The summed E-state index contributed by atoms with van der Waals surface area (Å²) in [6.07, 6.45) is 0. The van der Waals surface area contributed by atoms with Crippen LogP contribution in [0.25, 0.3) is 0 Å². The molecule has 8 nitrogen and oxygen atoms in total. The Labute approximate surface area is 127 Å². The van der Waals surface area contributed by atoms with E-state index in [1.54, 1.807) is 12.1 Å². The van der Waals surface area contributed by atoms with Gasteiger partial charge in [0.2, 0.25) is 0 Å². The zero-order valence-corrected chi connectivity index (χ0v) is 12.5. The number of urea groups is 1. The fourth-order valence-corrected chi connectivity index (χ4v) is 1.75. The first-order chi connectivity index (χ1) is 10.3. The van der Waals surface area contributed by atoms with E-state index in [4.69, 9.17) is 0 Å². The highest BCUT2D eigenvalue weighted by atomic mass is 16.6. The van der Waals surface area contributed by atoms with Gasteiger partial charge in [0.1, 0.15) is 0 Å². The van der Waals surface area contributed by atoms with E-state index in [0.717, 1.165) is 5.69 Å². The van der Waals surface area contributed by atoms with Crippen LogP contribution < -0.4 is 10.6 Å². The van der Waals surface area contributed by atoms with Crippen molar-refractivity contribution in [1.29, 1.82) is 0 Å². The first-order valence-corrected chi connectivity index (χ1v) is 6.64. The number of nitrogens with zero attached hydrogens (tertiary/aromatic N) is 2. The molecule has 0 bridgehead atoms. The van der Waals surface area contributed by atoms with Crippen LogP contribution in [0.2, 0.25) is 0 Å². The van der Waals surface area contributed by atoms with Gasteiger partial charge in [-0.05, 0) is 6.07 Å². The highest BCUT2D eigenvalue weighted by Gasteiger charge is 2.17. The molecule has 0 atom stereocenters. The number of aromatic nitrogens is 2. The number of carbonyl (C=O) groups excluding carboxylic acids is 1. The number of hydrogen-bond acceptors (Lipinski definition) is 4. The van der Waals surface area contributed by atoms with Crippen molar-refractivity contribution < 1.29 is 9.72 Å². The lowest BCUT2D eigenvalue weighted by Gasteiger charge is -2.14. The highest BCUT2D eigenvalue weighted by molar-refractivity contribution is 5.99. The lowest BCUT2D eigenvalue weighted by atomic mass is 9.92. The average Bonchev–Trinajstić information content (AvgIpc) is 2.87. The second kappa shape index (κ2) is 5.84. The molecule has 0 radical (unpaired) electrons. The van der Waals surface area contributed by atoms with Gasteiger partial charge in [-0.15, -0.1) is 0 Å². The number of non-ortho nitro benzene ring substituents is 1. The Bertz CT molecular complexity index is 702. The summed E-state index contributed by atoms with van der Waals surface area (Å²) in [4.78, 5) is 22.0. The largest absolute Gasteiger partial charge is 0.324 e. The summed E-state index contributed by atoms with van der Waals surface area (Å²) in [6.45, 7) is 6.06. The fraction of sp³-hybridized carbons (Fsp3) is 0.286. The van der Waals surface area contributed by atoms with Crippen molar-refractivity contribution in [2.24, 2.45) is 0 Å². The molecule has 0 aliphatic heterocycles. The van der Waals surface area contributed by atoms with Gasteiger partial charge in [-0.1, -0.05) is 26.8 Å². The van der Waals surface area contributed by atoms with Gasteiger partial charge in [-0.25, -0.2) is 4.79 Å². The number of benzene rings is 1. The van der Waals surface area contributed by atoms with Crippen LogP contribution in [0.3, 0.4) is 0 Å². The van der Waals surface area contributed by atoms with Crippen molar-refractivity contribution in [3.05, 3.63) is 46.1 Å². The van der Waals surface area contributed by atoms with Gasteiger partial charge in [0.15, 0.2) is 5.82 Å². The zero-order chi connectivity index (χ0) is 16.3. The van der Waals surface area contributed by atoms with E-state index in [1.165, 1.54) is 18.2 Å². The van der Waals surface area contributed by atoms with Crippen LogP contribution in [-0.2, 0) is 5.41 Å². The van der Waals surface area contributed by atoms with Crippen LogP contribution in [0.4, 0.5) is 22.0 Å². The Kier molecular flexibility index (Phi) is 4.11. The predicted molar refractivity (Wildman–Crippen MR) is 83.0 cm³/mol. The van der Waals surface area contributed by atoms with E-state index in [2.05, 4.69) is 20.8 Å². The van der Waals surface area contributed by atoms with Crippen molar-refractivity contribution in [2.75, 3.05) is 10.6 Å². The monoisotopic (exact) mass is 303 g/mol. The standard InChI is InChI=1S/C14H17N5O3/c1-14(2,3)11-8-12(18-17-11)16-13(20)15-9-5-4-6-10(7-9)19(21)22/h4-8H,1-3H3,(H3,15,16,17,18,20). The molecule has 8 heteroatoms. The third kappa shape index (κ3) is 3.81. The lowest BCUT2D eigenvalue weighted by molar-refractivity contribution is -0.384. The fourth-order valence-electron chi connectivity index (χ4n) is 1.75. The number of amides is 2. The minimum Gasteiger partial charge on any atom is -0.307 e. The molecule has 2 rings (SSSR count). The van der Waals surface area contributed by atoms with Gasteiger partial charge >= 0.3 is 6.03 Å². The second-order valence-corrected chi connectivity index (χ2v) is 5.80. The molecule has 116 valence electrons.